The van der Waals surface area contributed by atoms with Crippen molar-refractivity contribution >= 4 is 22.0 Å². The van der Waals surface area contributed by atoms with Crippen molar-refractivity contribution in [3.63, 3.8) is 0 Å². The van der Waals surface area contributed by atoms with E-state index in [1.165, 1.54) is 11.1 Å². The van der Waals surface area contributed by atoms with Crippen LogP contribution in [0.3, 0.4) is 0 Å². The molecule has 0 unspecified atom stereocenters. The van der Waals surface area contributed by atoms with Gasteiger partial charge in [0.25, 0.3) is 0 Å². The van der Waals surface area contributed by atoms with E-state index in [1.54, 1.807) is 0 Å². The molecule has 0 amide bonds. The zero-order valence-corrected chi connectivity index (χ0v) is 8.35. The number of hydrogen-bond donors (Lipinski definition) is 0. The van der Waals surface area contributed by atoms with Gasteiger partial charge in [0, 0.05) is 4.47 Å². The molecule has 0 saturated heterocycles. The maximum absolute atomic E-state index is 3.43. The van der Waals surface area contributed by atoms with Crippen LogP contribution in [-0.4, -0.2) is 0 Å². The summed E-state index contributed by atoms with van der Waals surface area (Å²) in [7, 11) is 0. The van der Waals surface area contributed by atoms with Crippen molar-refractivity contribution in [1.82, 2.24) is 0 Å². The third-order valence-corrected chi connectivity index (χ3v) is 2.08. The molecule has 0 aliphatic heterocycles. The van der Waals surface area contributed by atoms with Gasteiger partial charge in [0.05, 0.1) is 0 Å². The largest absolute Gasteiger partial charge is 0.0871 e. The summed E-state index contributed by atoms with van der Waals surface area (Å²) >= 11 is 3.43. The maximum Gasteiger partial charge on any atom is 0.0181 e. The molecule has 0 bridgehead atoms. The number of rotatable bonds is 1. The van der Waals surface area contributed by atoms with Gasteiger partial charge in [0.1, 0.15) is 0 Å². The number of hydrogen-bond acceptors (Lipinski definition) is 0. The van der Waals surface area contributed by atoms with E-state index < -0.39 is 0 Å². The molecule has 1 aromatic carbocycles. The zero-order valence-electron chi connectivity index (χ0n) is 6.76. The fourth-order valence-corrected chi connectivity index (χ4v) is 1.35. The number of aryl methyl sites for hydroxylation is 1. The van der Waals surface area contributed by atoms with Gasteiger partial charge in [0.2, 0.25) is 0 Å². The minimum atomic E-state index is 1.14. The monoisotopic (exact) mass is 210 g/mol. The summed E-state index contributed by atoms with van der Waals surface area (Å²) < 4.78 is 1.14. The van der Waals surface area contributed by atoms with Crippen LogP contribution in [0.1, 0.15) is 18.1 Å². The van der Waals surface area contributed by atoms with Crippen molar-refractivity contribution in [2.24, 2.45) is 0 Å². The van der Waals surface area contributed by atoms with Gasteiger partial charge < -0.3 is 0 Å². The Morgan fingerprint density at radius 2 is 2.09 bits per heavy atom. The summed E-state index contributed by atoms with van der Waals surface area (Å²) in [4.78, 5) is 0. The van der Waals surface area contributed by atoms with Crippen molar-refractivity contribution in [3.05, 3.63) is 39.9 Å². The quantitative estimate of drug-likeness (QED) is 0.662. The molecule has 1 heteroatoms. The maximum atomic E-state index is 3.43. The third kappa shape index (κ3) is 2.19. The van der Waals surface area contributed by atoms with Crippen molar-refractivity contribution in [2.45, 2.75) is 13.8 Å². The lowest BCUT2D eigenvalue weighted by molar-refractivity contribution is 1.43. The molecule has 0 heterocycles. The van der Waals surface area contributed by atoms with Gasteiger partial charge in [-0.15, -0.1) is 0 Å². The summed E-state index contributed by atoms with van der Waals surface area (Å²) in [5, 5.41) is 0. The molecule has 0 aliphatic rings. The molecule has 1 rings (SSSR count). The minimum absolute atomic E-state index is 1.14. The fourth-order valence-electron chi connectivity index (χ4n) is 0.970. The normalized spacial score (nSPS) is 10.8. The molecular formula is C10H11Br. The van der Waals surface area contributed by atoms with Crippen LogP contribution in [0.5, 0.6) is 0 Å². The van der Waals surface area contributed by atoms with Gasteiger partial charge in [-0.1, -0.05) is 34.1 Å². The average molecular weight is 211 g/mol. The number of allylic oxidation sites excluding steroid dienone is 1. The van der Waals surface area contributed by atoms with E-state index in [1.807, 2.05) is 6.92 Å². The Morgan fingerprint density at radius 3 is 2.73 bits per heavy atom. The first-order valence-corrected chi connectivity index (χ1v) is 4.42. The summed E-state index contributed by atoms with van der Waals surface area (Å²) in [5.41, 5.74) is 2.59. The van der Waals surface area contributed by atoms with Crippen molar-refractivity contribution < 1.29 is 0 Å². The van der Waals surface area contributed by atoms with Crippen LogP contribution in [0.25, 0.3) is 6.08 Å². The number of halogens is 1. The van der Waals surface area contributed by atoms with E-state index in [-0.39, 0.29) is 0 Å². The molecule has 0 nitrogen and oxygen atoms in total. The second-order valence-corrected chi connectivity index (χ2v) is 3.42. The van der Waals surface area contributed by atoms with Gasteiger partial charge in [-0.2, -0.15) is 0 Å². The molecule has 0 aliphatic carbocycles. The van der Waals surface area contributed by atoms with Gasteiger partial charge in [-0.25, -0.2) is 0 Å². The van der Waals surface area contributed by atoms with Gasteiger partial charge >= 0.3 is 0 Å². The third-order valence-electron chi connectivity index (χ3n) is 1.59. The lowest BCUT2D eigenvalue weighted by Crippen LogP contribution is -1.78. The smallest absolute Gasteiger partial charge is 0.0181 e. The highest BCUT2D eigenvalue weighted by atomic mass is 79.9. The molecule has 0 radical (unpaired) electrons. The Labute approximate surface area is 76.1 Å². The fraction of sp³-hybridized carbons (Fsp3) is 0.200. The van der Waals surface area contributed by atoms with E-state index in [4.69, 9.17) is 0 Å². The van der Waals surface area contributed by atoms with E-state index in [0.29, 0.717) is 0 Å². The average Bonchev–Trinajstić information content (AvgIpc) is 1.98. The van der Waals surface area contributed by atoms with E-state index in [2.05, 4.69) is 53.2 Å². The molecular weight excluding hydrogens is 200 g/mol. The first-order chi connectivity index (χ1) is 5.24. The van der Waals surface area contributed by atoms with Crippen molar-refractivity contribution in [3.8, 4) is 0 Å². The highest BCUT2D eigenvalue weighted by molar-refractivity contribution is 9.10. The minimum Gasteiger partial charge on any atom is -0.0871 e. The Hall–Kier alpha value is -0.560. The molecule has 0 atom stereocenters. The molecule has 0 spiro atoms. The molecule has 0 saturated carbocycles. The Balaban J connectivity index is 3.12. The summed E-state index contributed by atoms with van der Waals surface area (Å²) in [6, 6.07) is 6.29. The molecule has 0 aromatic heterocycles. The highest BCUT2D eigenvalue weighted by Crippen LogP contribution is 2.16. The summed E-state index contributed by atoms with van der Waals surface area (Å²) in [5.74, 6) is 0. The van der Waals surface area contributed by atoms with Crippen LogP contribution in [0.2, 0.25) is 0 Å². The second kappa shape index (κ2) is 3.72. The Kier molecular flexibility index (Phi) is 2.89. The topological polar surface area (TPSA) is 0 Å². The van der Waals surface area contributed by atoms with Crippen LogP contribution in [-0.2, 0) is 0 Å². The van der Waals surface area contributed by atoms with E-state index in [9.17, 15) is 0 Å². The highest BCUT2D eigenvalue weighted by Gasteiger charge is 1.93. The summed E-state index contributed by atoms with van der Waals surface area (Å²) in [6.07, 6.45) is 4.16. The standard InChI is InChI=1S/C10H11Br/c1-3-4-9-7-10(11)6-5-8(9)2/h3-7H,1-2H3. The molecule has 0 N–H and O–H groups in total. The zero-order chi connectivity index (χ0) is 8.27. The van der Waals surface area contributed by atoms with Gasteiger partial charge in [0.15, 0.2) is 0 Å². The second-order valence-electron chi connectivity index (χ2n) is 2.50. The Morgan fingerprint density at radius 1 is 1.36 bits per heavy atom. The van der Waals surface area contributed by atoms with Crippen LogP contribution < -0.4 is 0 Å². The van der Waals surface area contributed by atoms with Crippen molar-refractivity contribution in [1.29, 1.82) is 0 Å². The molecule has 0 fully saturated rings. The predicted octanol–water partition coefficient (Wildman–Crippen LogP) is 3.79. The number of benzene rings is 1. The molecule has 58 valence electrons. The lowest BCUT2D eigenvalue weighted by atomic mass is 10.1. The van der Waals surface area contributed by atoms with Gasteiger partial charge in [-0.05, 0) is 37.1 Å². The van der Waals surface area contributed by atoms with Crippen LogP contribution in [0, 0.1) is 6.92 Å². The van der Waals surface area contributed by atoms with Crippen LogP contribution >= 0.6 is 15.9 Å². The lowest BCUT2D eigenvalue weighted by Gasteiger charge is -1.99. The first-order valence-electron chi connectivity index (χ1n) is 3.63. The summed E-state index contributed by atoms with van der Waals surface area (Å²) in [6.45, 7) is 4.14. The van der Waals surface area contributed by atoms with E-state index >= 15 is 0 Å². The predicted molar refractivity (Wildman–Crippen MR) is 53.6 cm³/mol. The van der Waals surface area contributed by atoms with E-state index in [0.717, 1.165) is 4.47 Å². The molecule has 11 heavy (non-hydrogen) atoms. The Bertz CT molecular complexity index is 274. The SMILES string of the molecule is CC=Cc1cc(Br)ccc1C. The first kappa shape index (κ1) is 8.54. The van der Waals surface area contributed by atoms with Crippen LogP contribution in [0.4, 0.5) is 0 Å². The van der Waals surface area contributed by atoms with Crippen molar-refractivity contribution in [2.75, 3.05) is 0 Å². The van der Waals surface area contributed by atoms with Gasteiger partial charge in [-0.3, -0.25) is 0 Å². The van der Waals surface area contributed by atoms with Crippen LogP contribution in [0.15, 0.2) is 28.7 Å². The molecule has 1 aromatic rings.